The molecule has 0 saturated carbocycles. The number of H-pyrrole nitrogens is 1. The second-order valence-corrected chi connectivity index (χ2v) is 8.71. The van der Waals surface area contributed by atoms with Gasteiger partial charge in [-0.25, -0.2) is 9.78 Å². The predicted molar refractivity (Wildman–Crippen MR) is 126 cm³/mol. The molecule has 0 aliphatic heterocycles. The number of nitrogens with two attached hydrogens (primary N) is 1. The van der Waals surface area contributed by atoms with E-state index in [1.807, 2.05) is 11.6 Å². The molecule has 16 heteroatoms. The van der Waals surface area contributed by atoms with Gasteiger partial charge in [-0.15, -0.1) is 0 Å². The number of carboxylic acid groups (broad SMARTS) is 3. The number of carbonyl (C=O) groups is 6. The third-order valence-electron chi connectivity index (χ3n) is 4.85. The molecule has 4 unspecified atom stereocenters. The molecular formula is C20H30N6O9S. The van der Waals surface area contributed by atoms with Gasteiger partial charge in [0.05, 0.1) is 18.8 Å². The number of aliphatic carboxylic acids is 3. The van der Waals surface area contributed by atoms with Gasteiger partial charge in [-0.05, 0) is 24.9 Å². The lowest BCUT2D eigenvalue weighted by atomic mass is 10.1. The normalized spacial score (nSPS) is 14.1. The van der Waals surface area contributed by atoms with Gasteiger partial charge in [0.15, 0.2) is 0 Å². The van der Waals surface area contributed by atoms with E-state index < -0.39 is 79.1 Å². The van der Waals surface area contributed by atoms with Gasteiger partial charge in [-0.3, -0.25) is 24.0 Å². The number of imidazole rings is 1. The van der Waals surface area contributed by atoms with Crippen molar-refractivity contribution in [2.75, 3.05) is 12.0 Å². The molecule has 9 N–H and O–H groups in total. The highest BCUT2D eigenvalue weighted by Crippen LogP contribution is 2.06. The lowest BCUT2D eigenvalue weighted by Crippen LogP contribution is -2.57. The van der Waals surface area contributed by atoms with Crippen molar-refractivity contribution in [3.8, 4) is 0 Å². The number of aromatic nitrogens is 2. The van der Waals surface area contributed by atoms with E-state index in [1.165, 1.54) is 24.3 Å². The molecule has 0 fully saturated rings. The first-order valence-corrected chi connectivity index (χ1v) is 12.1. The first-order chi connectivity index (χ1) is 16.9. The highest BCUT2D eigenvalue weighted by atomic mass is 32.2. The maximum absolute atomic E-state index is 13.1. The van der Waals surface area contributed by atoms with Crippen molar-refractivity contribution in [3.63, 3.8) is 0 Å². The maximum Gasteiger partial charge on any atom is 0.326 e. The van der Waals surface area contributed by atoms with Crippen molar-refractivity contribution in [1.29, 1.82) is 0 Å². The average Bonchev–Trinajstić information content (AvgIpc) is 3.31. The van der Waals surface area contributed by atoms with E-state index >= 15 is 0 Å². The van der Waals surface area contributed by atoms with E-state index in [0.29, 0.717) is 17.9 Å². The molecule has 1 heterocycles. The molecule has 0 radical (unpaired) electrons. The standard InChI is InChI=1S/C20H30N6O9S/c1-36-5-4-11(21)17(31)25-13(6-10-8-22-9-23-10)19(33)24-12(2-3-15(27)28)18(32)26-14(20(34)35)7-16(29)30/h8-9,11-14H,2-7,21H2,1H3,(H,22,23)(H,24,33)(H,25,31)(H,26,32)(H,27,28)(H,29,30)(H,34,35). The van der Waals surface area contributed by atoms with Crippen LogP contribution in [-0.4, -0.2) is 97.1 Å². The highest BCUT2D eigenvalue weighted by molar-refractivity contribution is 7.98. The molecule has 200 valence electrons. The Morgan fingerprint density at radius 1 is 0.944 bits per heavy atom. The van der Waals surface area contributed by atoms with E-state index in [4.69, 9.17) is 21.1 Å². The van der Waals surface area contributed by atoms with Crippen LogP contribution in [0, 0.1) is 0 Å². The number of thioether (sulfide) groups is 1. The Bertz CT molecular complexity index is 927. The van der Waals surface area contributed by atoms with Crippen LogP contribution in [0.1, 0.15) is 31.4 Å². The Balaban J connectivity index is 3.07. The number of nitrogens with zero attached hydrogens (tertiary/aromatic N) is 1. The zero-order valence-corrected chi connectivity index (χ0v) is 20.2. The highest BCUT2D eigenvalue weighted by Gasteiger charge is 2.31. The Morgan fingerprint density at radius 2 is 1.56 bits per heavy atom. The summed E-state index contributed by atoms with van der Waals surface area (Å²) in [5, 5.41) is 33.8. The zero-order chi connectivity index (χ0) is 27.3. The maximum atomic E-state index is 13.1. The first kappa shape index (κ1) is 30.4. The van der Waals surface area contributed by atoms with Crippen LogP contribution in [0.15, 0.2) is 12.5 Å². The third-order valence-corrected chi connectivity index (χ3v) is 5.50. The predicted octanol–water partition coefficient (Wildman–Crippen LogP) is -2.09. The van der Waals surface area contributed by atoms with E-state index in [1.54, 1.807) is 0 Å². The summed E-state index contributed by atoms with van der Waals surface area (Å²) in [6, 6.07) is -5.50. The number of carbonyl (C=O) groups excluding carboxylic acids is 3. The fraction of sp³-hybridized carbons (Fsp3) is 0.550. The van der Waals surface area contributed by atoms with Crippen LogP contribution >= 0.6 is 11.8 Å². The van der Waals surface area contributed by atoms with Crippen molar-refractivity contribution in [1.82, 2.24) is 25.9 Å². The van der Waals surface area contributed by atoms with E-state index in [2.05, 4.69) is 20.6 Å². The quantitative estimate of drug-likeness (QED) is 0.108. The molecule has 0 aliphatic rings. The topological polar surface area (TPSA) is 254 Å². The molecule has 0 aliphatic carbocycles. The summed E-state index contributed by atoms with van der Waals surface area (Å²) in [6.45, 7) is 0. The minimum atomic E-state index is -1.81. The van der Waals surface area contributed by atoms with Gasteiger partial charge in [0.25, 0.3) is 0 Å². The summed E-state index contributed by atoms with van der Waals surface area (Å²) in [7, 11) is 0. The molecule has 1 rings (SSSR count). The fourth-order valence-corrected chi connectivity index (χ4v) is 3.43. The molecule has 1 aromatic rings. The molecule has 0 spiro atoms. The van der Waals surface area contributed by atoms with Crippen LogP contribution in [0.25, 0.3) is 0 Å². The Kier molecular flexibility index (Phi) is 13.0. The average molecular weight is 531 g/mol. The molecule has 0 bridgehead atoms. The van der Waals surface area contributed by atoms with Crippen LogP contribution < -0.4 is 21.7 Å². The van der Waals surface area contributed by atoms with Crippen molar-refractivity contribution in [2.45, 2.75) is 56.3 Å². The monoisotopic (exact) mass is 530 g/mol. The molecule has 1 aromatic heterocycles. The van der Waals surface area contributed by atoms with Crippen molar-refractivity contribution >= 4 is 47.4 Å². The van der Waals surface area contributed by atoms with Crippen LogP contribution in [0.4, 0.5) is 0 Å². The number of hydrogen-bond donors (Lipinski definition) is 8. The minimum absolute atomic E-state index is 0.0726. The van der Waals surface area contributed by atoms with Gasteiger partial charge < -0.3 is 42.0 Å². The summed E-state index contributed by atoms with van der Waals surface area (Å²) in [5.41, 5.74) is 6.33. The zero-order valence-electron chi connectivity index (χ0n) is 19.4. The third kappa shape index (κ3) is 11.2. The molecule has 15 nitrogen and oxygen atoms in total. The molecule has 36 heavy (non-hydrogen) atoms. The summed E-state index contributed by atoms with van der Waals surface area (Å²) in [5.74, 6) is -6.39. The van der Waals surface area contributed by atoms with Crippen molar-refractivity contribution < 1.29 is 44.1 Å². The fourth-order valence-electron chi connectivity index (χ4n) is 2.94. The lowest BCUT2D eigenvalue weighted by Gasteiger charge is -2.24. The molecule has 3 amide bonds. The van der Waals surface area contributed by atoms with Gasteiger partial charge in [-0.2, -0.15) is 11.8 Å². The van der Waals surface area contributed by atoms with Crippen LogP contribution in [0.3, 0.4) is 0 Å². The number of amides is 3. The molecule has 0 aromatic carbocycles. The summed E-state index contributed by atoms with van der Waals surface area (Å²) in [6.07, 6.45) is 2.95. The van der Waals surface area contributed by atoms with Crippen LogP contribution in [0.5, 0.6) is 0 Å². The van der Waals surface area contributed by atoms with Gasteiger partial charge >= 0.3 is 17.9 Å². The van der Waals surface area contributed by atoms with E-state index in [0.717, 1.165) is 0 Å². The first-order valence-electron chi connectivity index (χ1n) is 10.7. The van der Waals surface area contributed by atoms with Gasteiger partial charge in [-0.1, -0.05) is 0 Å². The van der Waals surface area contributed by atoms with Crippen LogP contribution in [-0.2, 0) is 35.2 Å². The van der Waals surface area contributed by atoms with Crippen molar-refractivity contribution in [2.24, 2.45) is 5.73 Å². The van der Waals surface area contributed by atoms with Gasteiger partial charge in [0, 0.05) is 24.7 Å². The summed E-state index contributed by atoms with van der Waals surface area (Å²) in [4.78, 5) is 78.1. The number of rotatable bonds is 17. The number of aromatic amines is 1. The Morgan fingerprint density at radius 3 is 2.08 bits per heavy atom. The minimum Gasteiger partial charge on any atom is -0.481 e. The number of nitrogens with one attached hydrogen (secondary N) is 4. The smallest absolute Gasteiger partial charge is 0.326 e. The summed E-state index contributed by atoms with van der Waals surface area (Å²) >= 11 is 1.48. The Labute approximate surface area is 210 Å². The molecular weight excluding hydrogens is 500 g/mol. The van der Waals surface area contributed by atoms with Crippen LogP contribution in [0.2, 0.25) is 0 Å². The van der Waals surface area contributed by atoms with E-state index in [9.17, 15) is 28.8 Å². The number of hydrogen-bond acceptors (Lipinski definition) is 9. The molecule has 0 saturated heterocycles. The second kappa shape index (κ2) is 15.4. The molecule has 4 atom stereocenters. The SMILES string of the molecule is CSCCC(N)C(=O)NC(Cc1cnc[nH]1)C(=O)NC(CCC(=O)O)C(=O)NC(CC(=O)O)C(=O)O. The largest absolute Gasteiger partial charge is 0.481 e. The van der Waals surface area contributed by atoms with Gasteiger partial charge in [0.2, 0.25) is 17.7 Å². The summed E-state index contributed by atoms with van der Waals surface area (Å²) < 4.78 is 0. The van der Waals surface area contributed by atoms with Crippen molar-refractivity contribution in [3.05, 3.63) is 18.2 Å². The number of carboxylic acids is 3. The lowest BCUT2D eigenvalue weighted by molar-refractivity contribution is -0.147. The second-order valence-electron chi connectivity index (χ2n) is 7.72. The Hall–Kier alpha value is -3.66. The van der Waals surface area contributed by atoms with E-state index in [-0.39, 0.29) is 6.42 Å². The van der Waals surface area contributed by atoms with Gasteiger partial charge in [0.1, 0.15) is 18.1 Å².